The Labute approximate surface area is 262 Å². The van der Waals surface area contributed by atoms with Gasteiger partial charge in [0.15, 0.2) is 0 Å². The van der Waals surface area contributed by atoms with E-state index in [0.29, 0.717) is 0 Å². The molecule has 1 aromatic heterocycles. The molecule has 0 aliphatic carbocycles. The highest BCUT2D eigenvalue weighted by molar-refractivity contribution is 6.04. The Balaban J connectivity index is 1.20. The summed E-state index contributed by atoms with van der Waals surface area (Å²) in [5.41, 5.74) is 10.8. The number of nitrogens with one attached hydrogen (secondary N) is 1. The minimum atomic E-state index is -0.0462. The van der Waals surface area contributed by atoms with Crippen molar-refractivity contribution < 1.29 is 0 Å². The van der Waals surface area contributed by atoms with E-state index in [9.17, 15) is 0 Å². The molecule has 1 N–H and O–H groups in total. The largest absolute Gasteiger partial charge is 0.359 e. The van der Waals surface area contributed by atoms with E-state index >= 15 is 0 Å². The number of para-hydroxylation sites is 3. The van der Waals surface area contributed by atoms with Crippen molar-refractivity contribution in [2.75, 3.05) is 0 Å². The van der Waals surface area contributed by atoms with Gasteiger partial charge < -0.3 is 5.32 Å². The maximum atomic E-state index is 5.16. The summed E-state index contributed by atoms with van der Waals surface area (Å²) >= 11 is 0. The quantitative estimate of drug-likeness (QED) is 0.214. The molecule has 7 aromatic rings. The lowest BCUT2D eigenvalue weighted by Gasteiger charge is -2.25. The predicted molar refractivity (Wildman–Crippen MR) is 185 cm³/mol. The molecular formula is C41H30N4. The fraction of sp³-hybridized carbons (Fsp3) is 0.0244. The van der Waals surface area contributed by atoms with Gasteiger partial charge in [-0.2, -0.15) is 0 Å². The third-order valence-electron chi connectivity index (χ3n) is 8.26. The van der Waals surface area contributed by atoms with Gasteiger partial charge in [0.2, 0.25) is 0 Å². The molecule has 1 aliphatic rings. The van der Waals surface area contributed by atoms with Crippen LogP contribution in [0.2, 0.25) is 0 Å². The number of benzene rings is 6. The molecule has 1 unspecified atom stereocenters. The van der Waals surface area contributed by atoms with Crippen LogP contribution in [-0.4, -0.2) is 15.4 Å². The Morgan fingerprint density at radius 3 is 1.87 bits per heavy atom. The smallest absolute Gasteiger partial charge is 0.145 e. The first kappa shape index (κ1) is 26.6. The Bertz CT molecular complexity index is 2160. The number of amidine groups is 1. The number of aliphatic imine (C=N–C) groups is 1. The summed E-state index contributed by atoms with van der Waals surface area (Å²) in [6.45, 7) is 0. The molecule has 1 atom stereocenters. The minimum Gasteiger partial charge on any atom is -0.359 e. The van der Waals surface area contributed by atoms with Crippen LogP contribution in [0, 0.1) is 0 Å². The first-order chi connectivity index (χ1) is 22.3. The van der Waals surface area contributed by atoms with Crippen molar-refractivity contribution in [3.8, 4) is 28.2 Å². The van der Waals surface area contributed by atoms with E-state index in [1.54, 1.807) is 0 Å². The molecule has 45 heavy (non-hydrogen) atoms. The Morgan fingerprint density at radius 2 is 1.11 bits per heavy atom. The number of hydrogen-bond donors (Lipinski definition) is 1. The zero-order valence-electron chi connectivity index (χ0n) is 24.6. The van der Waals surface area contributed by atoms with Gasteiger partial charge in [-0.3, -0.25) is 4.57 Å². The molecule has 4 nitrogen and oxygen atoms in total. The fourth-order valence-corrected chi connectivity index (χ4v) is 6.01. The lowest BCUT2D eigenvalue weighted by atomic mass is 9.97. The second-order valence-electron chi connectivity index (χ2n) is 11.2. The van der Waals surface area contributed by atoms with Crippen molar-refractivity contribution in [1.29, 1.82) is 0 Å². The van der Waals surface area contributed by atoms with Crippen LogP contribution in [-0.2, 0) is 0 Å². The van der Waals surface area contributed by atoms with Crippen LogP contribution < -0.4 is 5.32 Å². The Morgan fingerprint density at radius 1 is 0.511 bits per heavy atom. The molecule has 0 radical (unpaired) electrons. The van der Waals surface area contributed by atoms with Crippen LogP contribution >= 0.6 is 0 Å². The molecule has 214 valence electrons. The molecule has 6 aromatic carbocycles. The lowest BCUT2D eigenvalue weighted by Crippen LogP contribution is -2.31. The van der Waals surface area contributed by atoms with Gasteiger partial charge in [-0.1, -0.05) is 133 Å². The average Bonchev–Trinajstić information content (AvgIpc) is 3.53. The van der Waals surface area contributed by atoms with Crippen molar-refractivity contribution in [3.63, 3.8) is 0 Å². The second kappa shape index (κ2) is 11.6. The molecule has 8 rings (SSSR count). The number of imidazole rings is 1. The molecule has 2 heterocycles. The highest BCUT2D eigenvalue weighted by atomic mass is 15.1. The summed E-state index contributed by atoms with van der Waals surface area (Å²) < 4.78 is 2.23. The van der Waals surface area contributed by atoms with E-state index in [-0.39, 0.29) is 6.04 Å². The topological polar surface area (TPSA) is 42.2 Å². The van der Waals surface area contributed by atoms with Gasteiger partial charge in [-0.05, 0) is 58.7 Å². The minimum absolute atomic E-state index is 0.0462. The van der Waals surface area contributed by atoms with E-state index in [1.807, 2.05) is 24.3 Å². The maximum absolute atomic E-state index is 5.16. The highest BCUT2D eigenvalue weighted by Gasteiger charge is 2.21. The first-order valence-electron chi connectivity index (χ1n) is 15.2. The van der Waals surface area contributed by atoms with E-state index in [1.165, 1.54) is 16.7 Å². The summed E-state index contributed by atoms with van der Waals surface area (Å²) in [6, 6.07) is 56.9. The first-order valence-corrected chi connectivity index (χ1v) is 15.2. The van der Waals surface area contributed by atoms with E-state index < -0.39 is 0 Å². The third kappa shape index (κ3) is 5.23. The summed E-state index contributed by atoms with van der Waals surface area (Å²) in [5.74, 6) is 1.73. The number of rotatable bonds is 6. The van der Waals surface area contributed by atoms with Gasteiger partial charge in [0.1, 0.15) is 11.7 Å². The van der Waals surface area contributed by atoms with E-state index in [4.69, 9.17) is 9.98 Å². The van der Waals surface area contributed by atoms with Gasteiger partial charge in [0.05, 0.1) is 22.8 Å². The van der Waals surface area contributed by atoms with Gasteiger partial charge >= 0.3 is 0 Å². The van der Waals surface area contributed by atoms with Crippen LogP contribution in [0.3, 0.4) is 0 Å². The number of hydrogen-bond acceptors (Lipinski definition) is 3. The molecular weight excluding hydrogens is 548 g/mol. The second-order valence-corrected chi connectivity index (χ2v) is 11.2. The molecule has 0 amide bonds. The third-order valence-corrected chi connectivity index (χ3v) is 8.26. The number of fused-ring (bicyclic) bond motifs is 1. The van der Waals surface area contributed by atoms with Gasteiger partial charge in [0, 0.05) is 16.8 Å². The predicted octanol–water partition coefficient (Wildman–Crippen LogP) is 9.49. The van der Waals surface area contributed by atoms with Crippen molar-refractivity contribution in [3.05, 3.63) is 187 Å². The Hall–Kier alpha value is -6.00. The van der Waals surface area contributed by atoms with Crippen LogP contribution in [0.25, 0.3) is 44.9 Å². The van der Waals surface area contributed by atoms with Gasteiger partial charge in [0.25, 0.3) is 0 Å². The van der Waals surface area contributed by atoms with Gasteiger partial charge in [-0.25, -0.2) is 9.98 Å². The molecule has 0 saturated heterocycles. The van der Waals surface area contributed by atoms with Crippen molar-refractivity contribution in [2.45, 2.75) is 6.04 Å². The zero-order chi connectivity index (χ0) is 30.0. The highest BCUT2D eigenvalue weighted by Crippen LogP contribution is 2.32. The van der Waals surface area contributed by atoms with Crippen LogP contribution in [0.5, 0.6) is 0 Å². The van der Waals surface area contributed by atoms with Crippen molar-refractivity contribution >= 4 is 22.6 Å². The van der Waals surface area contributed by atoms with Crippen molar-refractivity contribution in [1.82, 2.24) is 14.9 Å². The standard InChI is InChI=1S/C41H30N4/c1-4-13-29(14-5-1)30-23-25-32(26-24-30)38-28-37(31-15-6-2-7-16-31)42-40(43-38)33-17-12-18-34(27-33)41-44-36-21-10-11-22-39(36)45(41)35-19-8-3-9-20-35/h1-28,38H,(H,42,43). The molecule has 0 spiro atoms. The molecule has 0 saturated carbocycles. The number of aromatic nitrogens is 2. The molecule has 0 bridgehead atoms. The SMILES string of the molecule is C1=C(c2ccccc2)N=C(c2cccc(-c3nc4ccccc4n3-c3ccccc3)c2)NC1c1ccc(-c2ccccc2)cc1. The van der Waals surface area contributed by atoms with Gasteiger partial charge in [-0.15, -0.1) is 0 Å². The van der Waals surface area contributed by atoms with E-state index in [0.717, 1.165) is 50.8 Å². The number of nitrogens with zero attached hydrogens (tertiary/aromatic N) is 3. The summed E-state index contributed by atoms with van der Waals surface area (Å²) in [7, 11) is 0. The fourth-order valence-electron chi connectivity index (χ4n) is 6.01. The molecule has 0 fully saturated rings. The van der Waals surface area contributed by atoms with Crippen LogP contribution in [0.15, 0.2) is 175 Å². The molecule has 4 heteroatoms. The molecule has 1 aliphatic heterocycles. The summed E-state index contributed by atoms with van der Waals surface area (Å²) in [5, 5.41) is 3.74. The summed E-state index contributed by atoms with van der Waals surface area (Å²) in [4.78, 5) is 10.3. The lowest BCUT2D eigenvalue weighted by molar-refractivity contribution is 0.781. The van der Waals surface area contributed by atoms with E-state index in [2.05, 4.69) is 155 Å². The monoisotopic (exact) mass is 578 g/mol. The summed E-state index contributed by atoms with van der Waals surface area (Å²) in [6.07, 6.45) is 2.22. The van der Waals surface area contributed by atoms with Crippen molar-refractivity contribution in [2.24, 2.45) is 4.99 Å². The normalized spacial score (nSPS) is 14.4. The average molecular weight is 579 g/mol. The van der Waals surface area contributed by atoms with Crippen LogP contribution in [0.4, 0.5) is 0 Å². The maximum Gasteiger partial charge on any atom is 0.145 e. The van der Waals surface area contributed by atoms with Crippen LogP contribution in [0.1, 0.15) is 22.7 Å². The zero-order valence-corrected chi connectivity index (χ0v) is 24.6. The Kier molecular flexibility index (Phi) is 6.85.